The van der Waals surface area contributed by atoms with Crippen molar-refractivity contribution in [2.45, 2.75) is 24.7 Å². The second-order valence-electron chi connectivity index (χ2n) is 11.3. The lowest BCUT2D eigenvalue weighted by molar-refractivity contribution is -0.117. The molecular weight excluding hydrogens is 572 g/mol. The van der Waals surface area contributed by atoms with Gasteiger partial charge in [0.2, 0.25) is 0 Å². The normalized spacial score (nSPS) is 17.4. The second-order valence-corrected chi connectivity index (χ2v) is 11.3. The van der Waals surface area contributed by atoms with Gasteiger partial charge in [0.1, 0.15) is 11.6 Å². The molecule has 2 aliphatic rings. The molecule has 0 N–H and O–H groups in total. The summed E-state index contributed by atoms with van der Waals surface area (Å²) in [6, 6.07) is 38.5. The minimum absolute atomic E-state index is 0.129. The molecule has 46 heavy (non-hydrogen) atoms. The van der Waals surface area contributed by atoms with Crippen LogP contribution in [0.5, 0.6) is 0 Å². The van der Waals surface area contributed by atoms with E-state index >= 15 is 0 Å². The Morgan fingerprint density at radius 1 is 0.370 bits per heavy atom. The van der Waals surface area contributed by atoms with E-state index < -0.39 is 11.8 Å². The number of allylic oxidation sites excluding steroid dienone is 2. The van der Waals surface area contributed by atoms with E-state index in [1.54, 1.807) is 0 Å². The third-order valence-corrected chi connectivity index (χ3v) is 8.47. The first-order valence-electron chi connectivity index (χ1n) is 15.2. The Kier molecular flexibility index (Phi) is 6.87. The monoisotopic (exact) mass is 598 g/mol. The molecule has 0 saturated heterocycles. The zero-order valence-electron chi connectivity index (χ0n) is 24.6. The van der Waals surface area contributed by atoms with Gasteiger partial charge in [0, 0.05) is 33.4 Å². The van der Waals surface area contributed by atoms with Gasteiger partial charge in [-0.05, 0) is 12.8 Å². The highest BCUT2D eigenvalue weighted by molar-refractivity contribution is 6.17. The molecule has 0 radical (unpaired) electrons. The molecule has 2 unspecified atom stereocenters. The topological polar surface area (TPSA) is 111 Å². The van der Waals surface area contributed by atoms with Crippen LogP contribution in [0.15, 0.2) is 132 Å². The van der Waals surface area contributed by atoms with Crippen molar-refractivity contribution in [2.75, 3.05) is 0 Å². The summed E-state index contributed by atoms with van der Waals surface area (Å²) in [6.07, 6.45) is 0.469. The smallest absolute Gasteiger partial charge is 0.170 e. The Hall–Kier alpha value is -6.02. The van der Waals surface area contributed by atoms with Crippen molar-refractivity contribution in [1.29, 1.82) is 0 Å². The average molecular weight is 599 g/mol. The van der Waals surface area contributed by atoms with Crippen molar-refractivity contribution in [3.05, 3.63) is 144 Å². The van der Waals surface area contributed by atoms with Gasteiger partial charge in [-0.15, -0.1) is 0 Å². The Labute approximate surface area is 265 Å². The number of aromatic nitrogens is 6. The van der Waals surface area contributed by atoms with Crippen LogP contribution >= 0.6 is 0 Å². The lowest BCUT2D eigenvalue weighted by Crippen LogP contribution is -2.19. The van der Waals surface area contributed by atoms with Gasteiger partial charge in [-0.25, -0.2) is 29.9 Å². The van der Waals surface area contributed by atoms with Crippen molar-refractivity contribution >= 4 is 11.6 Å². The molecule has 8 rings (SSSR count). The molecular formula is C38H26N6O2. The van der Waals surface area contributed by atoms with Gasteiger partial charge in [0.15, 0.2) is 34.9 Å². The summed E-state index contributed by atoms with van der Waals surface area (Å²) < 4.78 is 0. The van der Waals surface area contributed by atoms with E-state index in [-0.39, 0.29) is 24.4 Å². The quantitative estimate of drug-likeness (QED) is 0.205. The number of Topliss-reactive ketones (excluding diaryl/α,β-unsaturated/α-hetero) is 2. The largest absolute Gasteiger partial charge is 0.294 e. The lowest BCUT2D eigenvalue weighted by Gasteiger charge is -2.16. The fourth-order valence-corrected chi connectivity index (χ4v) is 6.14. The number of nitrogens with zero attached hydrogens (tertiary/aromatic N) is 6. The van der Waals surface area contributed by atoms with E-state index in [0.29, 0.717) is 46.1 Å². The third-order valence-electron chi connectivity index (χ3n) is 8.47. The Morgan fingerprint density at radius 3 is 0.891 bits per heavy atom. The molecule has 6 aromatic rings. The fourth-order valence-electron chi connectivity index (χ4n) is 6.14. The number of ketones is 2. The summed E-state index contributed by atoms with van der Waals surface area (Å²) >= 11 is 0. The number of benzene rings is 4. The summed E-state index contributed by atoms with van der Waals surface area (Å²) in [7, 11) is 0. The van der Waals surface area contributed by atoms with Gasteiger partial charge in [-0.1, -0.05) is 121 Å². The van der Waals surface area contributed by atoms with Gasteiger partial charge in [-0.3, -0.25) is 9.59 Å². The maximum Gasteiger partial charge on any atom is 0.170 e. The van der Waals surface area contributed by atoms with E-state index in [4.69, 9.17) is 29.9 Å². The Balaban J connectivity index is 1.14. The summed E-state index contributed by atoms with van der Waals surface area (Å²) in [5.41, 5.74) is 4.33. The average Bonchev–Trinajstić information content (AvgIpc) is 3.64. The molecule has 8 nitrogen and oxygen atoms in total. The van der Waals surface area contributed by atoms with Crippen LogP contribution in [0.1, 0.15) is 36.3 Å². The van der Waals surface area contributed by atoms with Crippen molar-refractivity contribution in [2.24, 2.45) is 0 Å². The zero-order valence-corrected chi connectivity index (χ0v) is 24.6. The van der Waals surface area contributed by atoms with Crippen molar-refractivity contribution in [3.63, 3.8) is 0 Å². The van der Waals surface area contributed by atoms with E-state index in [9.17, 15) is 9.59 Å². The minimum atomic E-state index is -0.666. The highest BCUT2D eigenvalue weighted by atomic mass is 16.1. The van der Waals surface area contributed by atoms with Crippen molar-refractivity contribution in [1.82, 2.24) is 29.9 Å². The van der Waals surface area contributed by atoms with Gasteiger partial charge < -0.3 is 0 Å². The van der Waals surface area contributed by atoms with Crippen LogP contribution in [0.2, 0.25) is 0 Å². The maximum atomic E-state index is 14.0. The summed E-state index contributed by atoms with van der Waals surface area (Å²) in [5, 5.41) is 0. The number of carbonyl (C=O) groups excluding carboxylic acids is 2. The van der Waals surface area contributed by atoms with Gasteiger partial charge in [-0.2, -0.15) is 0 Å². The molecule has 0 fully saturated rings. The van der Waals surface area contributed by atoms with Crippen LogP contribution in [0, 0.1) is 0 Å². The molecule has 0 bridgehead atoms. The van der Waals surface area contributed by atoms with Crippen molar-refractivity contribution in [3.8, 4) is 45.6 Å². The van der Waals surface area contributed by atoms with E-state index in [1.807, 2.05) is 121 Å². The molecule has 2 heterocycles. The molecule has 8 heteroatoms. The Morgan fingerprint density at radius 2 is 0.630 bits per heavy atom. The second kappa shape index (κ2) is 11.5. The van der Waals surface area contributed by atoms with Crippen LogP contribution < -0.4 is 0 Å². The van der Waals surface area contributed by atoms with Crippen LogP contribution in [-0.2, 0) is 9.59 Å². The molecule has 4 aromatic carbocycles. The first-order valence-corrected chi connectivity index (χ1v) is 15.2. The predicted molar refractivity (Wildman–Crippen MR) is 173 cm³/mol. The molecule has 2 aromatic heterocycles. The Bertz CT molecular complexity index is 1870. The summed E-state index contributed by atoms with van der Waals surface area (Å²) in [5.74, 6) is 1.10. The molecule has 220 valence electrons. The van der Waals surface area contributed by atoms with Crippen LogP contribution in [0.4, 0.5) is 0 Å². The maximum absolute atomic E-state index is 14.0. The third kappa shape index (κ3) is 4.99. The van der Waals surface area contributed by atoms with Gasteiger partial charge >= 0.3 is 0 Å². The number of rotatable bonds is 6. The molecule has 2 aliphatic carbocycles. The van der Waals surface area contributed by atoms with Crippen LogP contribution in [-0.4, -0.2) is 41.5 Å². The first kappa shape index (κ1) is 27.5. The van der Waals surface area contributed by atoms with E-state index in [1.165, 1.54) is 0 Å². The molecule has 2 atom stereocenters. The van der Waals surface area contributed by atoms with E-state index in [2.05, 4.69) is 0 Å². The van der Waals surface area contributed by atoms with Crippen molar-refractivity contribution < 1.29 is 9.59 Å². The standard InChI is InChI=1S/C38H26N6O2/c45-31-28-22-30(38-43-35(25-17-9-3-10-18-25)40-36(44-38)26-19-11-4-12-20-26)32(46)27(28)21-29(31)37-41-33(23-13-5-1-6-14-23)39-34(42-37)24-15-7-2-8-16-24/h1-20,29-30H,21-22H2. The molecule has 0 aliphatic heterocycles. The van der Waals surface area contributed by atoms with Gasteiger partial charge in [0.05, 0.1) is 11.8 Å². The number of hydrogen-bond acceptors (Lipinski definition) is 8. The highest BCUT2D eigenvalue weighted by Gasteiger charge is 2.47. The summed E-state index contributed by atoms with van der Waals surface area (Å²) in [4.78, 5) is 56.6. The fraction of sp³-hybridized carbons (Fsp3) is 0.105. The molecule has 0 spiro atoms. The SMILES string of the molecule is O=C1C2=C(CC1c1nc(-c3ccccc3)nc(-c3ccccc3)n1)C(=O)C(c1nc(-c3ccccc3)nc(-c3ccccc3)n1)C2. The van der Waals surface area contributed by atoms with Crippen LogP contribution in [0.25, 0.3) is 45.6 Å². The van der Waals surface area contributed by atoms with Crippen LogP contribution in [0.3, 0.4) is 0 Å². The first-order chi connectivity index (χ1) is 22.6. The minimum Gasteiger partial charge on any atom is -0.294 e. The van der Waals surface area contributed by atoms with Gasteiger partial charge in [0.25, 0.3) is 0 Å². The number of carbonyl (C=O) groups is 2. The number of hydrogen-bond donors (Lipinski definition) is 0. The highest BCUT2D eigenvalue weighted by Crippen LogP contribution is 2.46. The lowest BCUT2D eigenvalue weighted by atomic mass is 9.92. The summed E-state index contributed by atoms with van der Waals surface area (Å²) in [6.45, 7) is 0. The predicted octanol–water partition coefficient (Wildman–Crippen LogP) is 6.83. The molecule has 0 saturated carbocycles. The zero-order chi connectivity index (χ0) is 31.0. The van der Waals surface area contributed by atoms with E-state index in [0.717, 1.165) is 22.3 Å². The molecule has 0 amide bonds.